The third-order valence-electron chi connectivity index (χ3n) is 13.0. The molecule has 0 bridgehead atoms. The van der Waals surface area contributed by atoms with E-state index in [9.17, 15) is 29.0 Å². The molecule has 0 aromatic heterocycles. The van der Waals surface area contributed by atoms with Crippen LogP contribution in [0.2, 0.25) is 0 Å². The Kier molecular flexibility index (Phi) is 8.71. The third-order valence-corrected chi connectivity index (χ3v) is 14.4. The van der Waals surface area contributed by atoms with Crippen molar-refractivity contribution < 1.29 is 61.7 Å². The van der Waals surface area contributed by atoms with Crippen LogP contribution >= 0.6 is 22.6 Å². The Morgan fingerprint density at radius 2 is 1.71 bits per heavy atom. The molecule has 13 atom stereocenters. The molecule has 4 saturated carbocycles. The molecule has 16 nitrogen and oxygen atoms in total. The van der Waals surface area contributed by atoms with E-state index in [0.717, 1.165) is 0 Å². The van der Waals surface area contributed by atoms with Gasteiger partial charge in [0, 0.05) is 20.7 Å². The monoisotopic (exact) mass is 844 g/mol. The molecule has 52 heavy (non-hydrogen) atoms. The highest BCUT2D eigenvalue weighted by molar-refractivity contribution is 14.1. The van der Waals surface area contributed by atoms with Gasteiger partial charge in [-0.25, -0.2) is 4.39 Å². The number of alkyl halides is 2. The Morgan fingerprint density at radius 3 is 2.42 bits per heavy atom. The Hall–Kier alpha value is -2.94. The summed E-state index contributed by atoms with van der Waals surface area (Å²) in [5.41, 5.74) is -3.96. The summed E-state index contributed by atoms with van der Waals surface area (Å²) in [6, 6.07) is 0. The van der Waals surface area contributed by atoms with Crippen LogP contribution in [-0.2, 0) is 57.3 Å². The van der Waals surface area contributed by atoms with Gasteiger partial charge in [-0.3, -0.25) is 19.2 Å². The van der Waals surface area contributed by atoms with Gasteiger partial charge in [0.2, 0.25) is 5.78 Å². The molecule has 7 fully saturated rings. The van der Waals surface area contributed by atoms with Crippen LogP contribution in [0, 0.1) is 37.9 Å². The fourth-order valence-electron chi connectivity index (χ4n) is 11.3. The van der Waals surface area contributed by atoms with Gasteiger partial charge in [-0.2, -0.15) is 0 Å². The van der Waals surface area contributed by atoms with Gasteiger partial charge in [0.15, 0.2) is 46.7 Å². The van der Waals surface area contributed by atoms with E-state index in [-0.39, 0.29) is 50.6 Å². The van der Waals surface area contributed by atoms with Crippen LogP contribution in [0.5, 0.6) is 0 Å². The maximum absolute atomic E-state index is 16.3. The predicted molar refractivity (Wildman–Crippen MR) is 177 cm³/mol. The van der Waals surface area contributed by atoms with Gasteiger partial charge in [-0.1, -0.05) is 28.7 Å². The summed E-state index contributed by atoms with van der Waals surface area (Å²) in [6.45, 7) is 2.77. The van der Waals surface area contributed by atoms with Crippen LogP contribution in [0.3, 0.4) is 0 Å². The van der Waals surface area contributed by atoms with Gasteiger partial charge in [0.05, 0.1) is 32.2 Å². The number of allylic oxidation sites excluding steroid dienone is 4. The fourth-order valence-corrected chi connectivity index (χ4v) is 12.7. The third kappa shape index (κ3) is 4.95. The summed E-state index contributed by atoms with van der Waals surface area (Å²) < 4.78 is 52.7. The maximum Gasteiger partial charge on any atom is 0.306 e. The summed E-state index contributed by atoms with van der Waals surface area (Å²) in [6.07, 6.45) is -1.04. The molecule has 2 unspecified atom stereocenters. The minimum Gasteiger partial charge on any atom is -0.462 e. The minimum absolute atomic E-state index is 0.0112. The average molecular weight is 845 g/mol. The van der Waals surface area contributed by atoms with Gasteiger partial charge < -0.3 is 38.1 Å². The topological polar surface area (TPSA) is 201 Å². The first-order valence-corrected chi connectivity index (χ1v) is 19.0. The number of halogens is 2. The number of nitrogens with zero attached hydrogens (tertiary/aromatic N) is 2. The van der Waals surface area contributed by atoms with E-state index in [1.165, 1.54) is 12.2 Å². The van der Waals surface area contributed by atoms with Crippen LogP contribution in [0.25, 0.3) is 0 Å². The van der Waals surface area contributed by atoms with Crippen LogP contribution in [0.15, 0.2) is 34.5 Å². The first-order chi connectivity index (χ1) is 24.8. The molecular weight excluding hydrogens is 806 g/mol. The van der Waals surface area contributed by atoms with E-state index in [2.05, 4.69) is 33.3 Å². The van der Waals surface area contributed by atoms with Crippen LogP contribution < -0.4 is 0 Å². The number of esters is 2. The molecule has 2 spiro atoms. The molecule has 0 aromatic rings. The Labute approximate surface area is 310 Å². The van der Waals surface area contributed by atoms with E-state index in [1.807, 2.05) is 0 Å². The molecule has 282 valence electrons. The summed E-state index contributed by atoms with van der Waals surface area (Å²) in [5, 5.41) is 4.87. The van der Waals surface area contributed by atoms with E-state index in [1.54, 1.807) is 19.9 Å². The summed E-state index contributed by atoms with van der Waals surface area (Å²) in [5.74, 6) is -4.17. The molecule has 3 heterocycles. The number of hydrogen-bond donors (Lipinski definition) is 0. The number of rotatable bonds is 12. The van der Waals surface area contributed by atoms with Crippen molar-refractivity contribution in [1.82, 2.24) is 0 Å². The SMILES string of the molecule is CC1(C)O[C@@H]2C[C@H]3C4C[C@H](F)C5=CC(=O)C=C[C@@]56CC46[C@@H](OC(=O)CCC(=O)O[C@H]4CO[C@H]5[C@@H]4OC[C@H]5ON=O)C[C@]3(CI)[C@]2(C(=O)CON=O)O1. The normalized spacial score (nSPS) is 45.6. The first kappa shape index (κ1) is 36.1. The number of carbonyl (C=O) groups excluding carboxylic acids is 4. The molecule has 18 heteroatoms. The highest BCUT2D eigenvalue weighted by Gasteiger charge is 2.87. The number of fused-ring (bicyclic) bond motifs is 5. The zero-order valence-corrected chi connectivity index (χ0v) is 30.5. The van der Waals surface area contributed by atoms with Crippen molar-refractivity contribution in [2.45, 2.75) is 107 Å². The molecule has 0 N–H and O–H groups in total. The lowest BCUT2D eigenvalue weighted by atomic mass is 9.49. The Balaban J connectivity index is 1.07. The molecule has 0 radical (unpaired) electrons. The maximum atomic E-state index is 16.3. The van der Waals surface area contributed by atoms with Crippen molar-refractivity contribution in [2.75, 3.05) is 24.2 Å². The first-order valence-electron chi connectivity index (χ1n) is 17.4. The second-order valence-electron chi connectivity index (χ2n) is 15.6. The molecule has 8 rings (SSSR count). The number of ether oxygens (including phenoxy) is 6. The molecule has 3 aliphatic heterocycles. The van der Waals surface area contributed by atoms with E-state index >= 15 is 4.39 Å². The minimum atomic E-state index is -1.62. The van der Waals surface area contributed by atoms with Crippen LogP contribution in [0.4, 0.5) is 4.39 Å². The number of carbonyl (C=O) groups is 4. The molecule has 0 amide bonds. The summed E-state index contributed by atoms with van der Waals surface area (Å²) >= 11 is 2.19. The highest BCUT2D eigenvalue weighted by atomic mass is 127. The fraction of sp³-hybridized carbons (Fsp3) is 0.765. The molecule has 8 aliphatic rings. The van der Waals surface area contributed by atoms with Crippen LogP contribution in [-0.4, -0.2) is 102 Å². The van der Waals surface area contributed by atoms with Gasteiger partial charge in [0.1, 0.15) is 24.5 Å². The number of hydrogen-bond acceptors (Lipinski definition) is 16. The lowest BCUT2D eigenvalue weighted by molar-refractivity contribution is -0.228. The van der Waals surface area contributed by atoms with Gasteiger partial charge in [0.25, 0.3) is 0 Å². The molecule has 3 saturated heterocycles. The van der Waals surface area contributed by atoms with Crippen molar-refractivity contribution in [3.8, 4) is 0 Å². The van der Waals surface area contributed by atoms with E-state index in [0.29, 0.717) is 22.8 Å². The van der Waals surface area contributed by atoms with Gasteiger partial charge in [-0.15, -0.1) is 9.81 Å². The second-order valence-corrected chi connectivity index (χ2v) is 16.4. The second kappa shape index (κ2) is 12.6. The lowest BCUT2D eigenvalue weighted by Gasteiger charge is -2.58. The number of Topliss-reactive ketones (excluding diaryl/α,β-unsaturated/α-hetero) is 1. The zero-order chi connectivity index (χ0) is 36.8. The Morgan fingerprint density at radius 1 is 1.00 bits per heavy atom. The summed E-state index contributed by atoms with van der Waals surface area (Å²) in [7, 11) is 0. The smallest absolute Gasteiger partial charge is 0.306 e. The van der Waals surface area contributed by atoms with Crippen LogP contribution in [0.1, 0.15) is 52.4 Å². The van der Waals surface area contributed by atoms with E-state index < -0.39 is 101 Å². The van der Waals surface area contributed by atoms with Crippen molar-refractivity contribution >= 4 is 46.1 Å². The molecular formula is C34H38FIN2O14. The molecule has 0 aromatic carbocycles. The lowest BCUT2D eigenvalue weighted by Crippen LogP contribution is -2.66. The standard InChI is InChI=1S/C34H38FIN2O14/c1-30(2)50-24-9-17-18-8-20(35)19-7-16(39)5-6-31(19)14-33(18,31)25(10-32(17,15-36)34(24,52-30)23(40)13-47-37-43)49-27(42)4-3-26(41)48-21-11-45-29-22(51-38-44)12-46-28(21)29/h5-7,17-18,20-22,24-25,28-29H,3-4,8-15H2,1-2H3/t17-,18?,20-,21-,22+,24+,25-,28+,29+,31+,32+,33?,34+/m0/s1. The highest BCUT2D eigenvalue weighted by Crippen LogP contribution is 2.85. The average Bonchev–Trinajstić information content (AvgIpc) is 3.39. The van der Waals surface area contributed by atoms with Crippen molar-refractivity contribution in [1.29, 1.82) is 0 Å². The van der Waals surface area contributed by atoms with Gasteiger partial charge in [-0.05, 0) is 69.1 Å². The zero-order valence-electron chi connectivity index (χ0n) is 28.4. The predicted octanol–water partition coefficient (Wildman–Crippen LogP) is 3.26. The van der Waals surface area contributed by atoms with Crippen molar-refractivity contribution in [3.63, 3.8) is 0 Å². The number of ketones is 2. The largest absolute Gasteiger partial charge is 0.462 e. The molecule has 5 aliphatic carbocycles. The quantitative estimate of drug-likeness (QED) is 0.0911. The van der Waals surface area contributed by atoms with Crippen molar-refractivity contribution in [3.05, 3.63) is 33.6 Å². The van der Waals surface area contributed by atoms with E-state index in [4.69, 9.17) is 38.1 Å². The van der Waals surface area contributed by atoms with Crippen molar-refractivity contribution in [2.24, 2.45) is 38.8 Å². The summed E-state index contributed by atoms with van der Waals surface area (Å²) in [4.78, 5) is 84.3. The Bertz CT molecular complexity index is 1660. The van der Waals surface area contributed by atoms with Gasteiger partial charge >= 0.3 is 11.9 Å².